The van der Waals surface area contributed by atoms with Crippen LogP contribution in [-0.2, 0) is 7.05 Å². The van der Waals surface area contributed by atoms with E-state index in [2.05, 4.69) is 10.4 Å². The number of carbonyl (C=O) groups excluding carboxylic acids is 1. The molecule has 2 aromatic carbocycles. The fourth-order valence-corrected chi connectivity index (χ4v) is 2.14. The Hall–Kier alpha value is -2.95. The summed E-state index contributed by atoms with van der Waals surface area (Å²) < 4.78 is 1.14. The van der Waals surface area contributed by atoms with E-state index in [0.29, 0.717) is 5.69 Å². The van der Waals surface area contributed by atoms with Crippen molar-refractivity contribution in [2.45, 2.75) is 0 Å². The van der Waals surface area contributed by atoms with Crippen LogP contribution in [0.4, 0.5) is 5.69 Å². The van der Waals surface area contributed by atoms with Crippen molar-refractivity contribution in [2.24, 2.45) is 7.05 Å². The highest BCUT2D eigenvalue weighted by atomic mass is 16.2. The van der Waals surface area contributed by atoms with E-state index >= 15 is 0 Å². The van der Waals surface area contributed by atoms with E-state index in [4.69, 9.17) is 0 Å². The first-order valence-electron chi connectivity index (χ1n) is 6.48. The van der Waals surface area contributed by atoms with Crippen molar-refractivity contribution in [1.82, 2.24) is 9.78 Å². The Balaban J connectivity index is 1.96. The van der Waals surface area contributed by atoms with Crippen LogP contribution >= 0.6 is 0 Å². The lowest BCUT2D eigenvalue weighted by Crippen LogP contribution is -2.23. The fourth-order valence-electron chi connectivity index (χ4n) is 2.14. The minimum absolute atomic E-state index is 0.199. The second kappa shape index (κ2) is 5.20. The lowest BCUT2D eigenvalue weighted by Gasteiger charge is -2.08. The van der Waals surface area contributed by atoms with Crippen LogP contribution in [0.15, 0.2) is 59.4 Å². The van der Waals surface area contributed by atoms with Crippen LogP contribution in [0.25, 0.3) is 10.8 Å². The quantitative estimate of drug-likeness (QED) is 0.782. The van der Waals surface area contributed by atoms with Gasteiger partial charge in [-0.25, -0.2) is 4.68 Å². The predicted octanol–water partition coefficient (Wildman–Crippen LogP) is 2.19. The van der Waals surface area contributed by atoms with Crippen molar-refractivity contribution >= 4 is 22.4 Å². The Kier molecular flexibility index (Phi) is 3.23. The zero-order valence-electron chi connectivity index (χ0n) is 11.4. The highest BCUT2D eigenvalue weighted by Gasteiger charge is 2.10. The number of benzene rings is 2. The number of fused-ring (bicyclic) bond motifs is 1. The van der Waals surface area contributed by atoms with Crippen LogP contribution in [0, 0.1) is 0 Å². The van der Waals surface area contributed by atoms with Gasteiger partial charge in [0.25, 0.3) is 11.5 Å². The maximum atomic E-state index is 12.2. The lowest BCUT2D eigenvalue weighted by atomic mass is 10.1. The molecule has 1 amide bonds. The number of anilines is 1. The van der Waals surface area contributed by atoms with Gasteiger partial charge in [-0.1, -0.05) is 36.4 Å². The van der Waals surface area contributed by atoms with Crippen LogP contribution < -0.4 is 10.9 Å². The smallest absolute Gasteiger partial charge is 0.276 e. The van der Waals surface area contributed by atoms with Crippen molar-refractivity contribution in [3.63, 3.8) is 0 Å². The van der Waals surface area contributed by atoms with Crippen molar-refractivity contribution in [2.75, 3.05) is 5.32 Å². The average molecular weight is 279 g/mol. The first kappa shape index (κ1) is 13.1. The molecule has 1 aromatic heterocycles. The highest BCUT2D eigenvalue weighted by Crippen LogP contribution is 2.23. The third-order valence-electron chi connectivity index (χ3n) is 3.23. The summed E-state index contributed by atoms with van der Waals surface area (Å²) in [6.07, 6.45) is 0. The number of hydrogen-bond acceptors (Lipinski definition) is 3. The molecule has 0 bridgehead atoms. The molecule has 0 atom stereocenters. The highest BCUT2D eigenvalue weighted by molar-refractivity contribution is 6.08. The molecule has 0 aliphatic carbocycles. The van der Waals surface area contributed by atoms with Crippen LogP contribution in [-0.4, -0.2) is 15.7 Å². The SMILES string of the molecule is Cn1nc(C(=O)Nc2cccc3ccccc23)ccc1=O. The lowest BCUT2D eigenvalue weighted by molar-refractivity contribution is 0.102. The molecule has 5 heteroatoms. The van der Waals surface area contributed by atoms with E-state index < -0.39 is 0 Å². The molecule has 1 heterocycles. The molecule has 0 unspecified atom stereocenters. The minimum atomic E-state index is -0.345. The molecule has 0 saturated heterocycles. The number of amides is 1. The summed E-state index contributed by atoms with van der Waals surface area (Å²) in [5.41, 5.74) is 0.662. The summed E-state index contributed by atoms with van der Waals surface area (Å²) in [5.74, 6) is -0.345. The van der Waals surface area contributed by atoms with Gasteiger partial charge in [0, 0.05) is 24.2 Å². The van der Waals surface area contributed by atoms with Crippen molar-refractivity contribution in [3.05, 3.63) is 70.6 Å². The van der Waals surface area contributed by atoms with E-state index in [1.165, 1.54) is 19.2 Å². The molecule has 0 saturated carbocycles. The Morgan fingerprint density at radius 2 is 1.81 bits per heavy atom. The maximum Gasteiger partial charge on any atom is 0.276 e. The first-order chi connectivity index (χ1) is 10.1. The third-order valence-corrected chi connectivity index (χ3v) is 3.23. The third kappa shape index (κ3) is 2.53. The minimum Gasteiger partial charge on any atom is -0.320 e. The van der Waals surface area contributed by atoms with Crippen LogP contribution in [0.3, 0.4) is 0 Å². The molecular formula is C16H13N3O2. The van der Waals surface area contributed by atoms with Gasteiger partial charge in [0.05, 0.1) is 0 Å². The summed E-state index contributed by atoms with van der Waals surface area (Å²) in [4.78, 5) is 23.5. The maximum absolute atomic E-state index is 12.2. The topological polar surface area (TPSA) is 64.0 Å². The molecule has 5 nitrogen and oxygen atoms in total. The van der Waals surface area contributed by atoms with Gasteiger partial charge in [0.2, 0.25) is 0 Å². The Labute approximate surface area is 120 Å². The van der Waals surface area contributed by atoms with E-state index in [0.717, 1.165) is 15.5 Å². The summed E-state index contributed by atoms with van der Waals surface area (Å²) in [6.45, 7) is 0. The monoisotopic (exact) mass is 279 g/mol. The number of nitrogens with one attached hydrogen (secondary N) is 1. The normalized spacial score (nSPS) is 10.5. The molecule has 104 valence electrons. The van der Waals surface area contributed by atoms with Gasteiger partial charge in [0.15, 0.2) is 0 Å². The van der Waals surface area contributed by atoms with Gasteiger partial charge in [-0.15, -0.1) is 0 Å². The number of rotatable bonds is 2. The molecule has 0 aliphatic rings. The standard InChI is InChI=1S/C16H13N3O2/c1-19-15(20)10-9-14(18-19)16(21)17-13-8-4-6-11-5-2-3-7-12(11)13/h2-10H,1H3,(H,17,21). The van der Waals surface area contributed by atoms with Crippen molar-refractivity contribution in [1.29, 1.82) is 0 Å². The number of hydrogen-bond donors (Lipinski definition) is 1. The largest absolute Gasteiger partial charge is 0.320 e. The summed E-state index contributed by atoms with van der Waals surface area (Å²) in [6, 6.07) is 16.2. The van der Waals surface area contributed by atoms with Crippen molar-refractivity contribution in [3.8, 4) is 0 Å². The Morgan fingerprint density at radius 3 is 2.62 bits per heavy atom. The molecule has 0 radical (unpaired) electrons. The molecule has 0 fully saturated rings. The Morgan fingerprint density at radius 1 is 1.05 bits per heavy atom. The predicted molar refractivity (Wildman–Crippen MR) is 81.4 cm³/mol. The molecule has 0 aliphatic heterocycles. The summed E-state index contributed by atoms with van der Waals surface area (Å²) in [7, 11) is 1.51. The second-order valence-corrected chi connectivity index (χ2v) is 4.66. The molecule has 0 spiro atoms. The van der Waals surface area contributed by atoms with Gasteiger partial charge in [-0.3, -0.25) is 9.59 Å². The molecular weight excluding hydrogens is 266 g/mol. The summed E-state index contributed by atoms with van der Waals surface area (Å²) in [5, 5.41) is 8.77. The molecule has 3 rings (SSSR count). The zero-order valence-corrected chi connectivity index (χ0v) is 11.4. The van der Waals surface area contributed by atoms with E-state index in [1.54, 1.807) is 0 Å². The second-order valence-electron chi connectivity index (χ2n) is 4.66. The fraction of sp³-hybridized carbons (Fsp3) is 0.0625. The van der Waals surface area contributed by atoms with Gasteiger partial charge in [0.1, 0.15) is 5.69 Å². The number of nitrogens with zero attached hydrogens (tertiary/aromatic N) is 2. The Bertz CT molecular complexity index is 879. The zero-order chi connectivity index (χ0) is 14.8. The summed E-state index contributed by atoms with van der Waals surface area (Å²) >= 11 is 0. The molecule has 3 aromatic rings. The van der Waals surface area contributed by atoms with Gasteiger partial charge < -0.3 is 5.32 Å². The van der Waals surface area contributed by atoms with Crippen LogP contribution in [0.1, 0.15) is 10.5 Å². The van der Waals surface area contributed by atoms with Gasteiger partial charge in [-0.2, -0.15) is 5.10 Å². The average Bonchev–Trinajstić information content (AvgIpc) is 2.50. The van der Waals surface area contributed by atoms with E-state index in [1.807, 2.05) is 42.5 Å². The van der Waals surface area contributed by atoms with Crippen LogP contribution in [0.2, 0.25) is 0 Å². The van der Waals surface area contributed by atoms with E-state index in [9.17, 15) is 9.59 Å². The first-order valence-corrected chi connectivity index (χ1v) is 6.48. The molecule has 21 heavy (non-hydrogen) atoms. The number of aryl methyl sites for hydroxylation is 1. The van der Waals surface area contributed by atoms with Gasteiger partial charge >= 0.3 is 0 Å². The molecule has 1 N–H and O–H groups in total. The van der Waals surface area contributed by atoms with E-state index in [-0.39, 0.29) is 17.2 Å². The van der Waals surface area contributed by atoms with Crippen LogP contribution in [0.5, 0.6) is 0 Å². The van der Waals surface area contributed by atoms with Gasteiger partial charge in [-0.05, 0) is 17.5 Å². The van der Waals surface area contributed by atoms with Crippen molar-refractivity contribution < 1.29 is 4.79 Å². The number of aromatic nitrogens is 2. The number of carbonyl (C=O) groups is 1.